The Morgan fingerprint density at radius 1 is 1.22 bits per heavy atom. The quantitative estimate of drug-likeness (QED) is 0.882. The molecule has 3 rings (SSSR count). The molecule has 0 amide bonds. The van der Waals surface area contributed by atoms with Crippen LogP contribution < -0.4 is 5.73 Å². The standard InChI is InChI=1S/C15H25N3/c1-10(2)9-13-14(16)18(12-7-8-12)15(17-13)11-5-3-4-6-11/h10-12H,3-9,16H2,1-2H3. The van der Waals surface area contributed by atoms with E-state index in [9.17, 15) is 0 Å². The van der Waals surface area contributed by atoms with Gasteiger partial charge in [0.15, 0.2) is 0 Å². The Hall–Kier alpha value is -0.990. The van der Waals surface area contributed by atoms with E-state index in [0.717, 1.165) is 17.9 Å². The van der Waals surface area contributed by atoms with Crippen molar-refractivity contribution in [3.8, 4) is 0 Å². The van der Waals surface area contributed by atoms with E-state index in [1.165, 1.54) is 44.3 Å². The summed E-state index contributed by atoms with van der Waals surface area (Å²) in [6.07, 6.45) is 8.95. The molecule has 1 heterocycles. The summed E-state index contributed by atoms with van der Waals surface area (Å²) >= 11 is 0. The molecule has 2 saturated carbocycles. The Bertz CT molecular complexity index is 423. The molecule has 2 fully saturated rings. The molecule has 3 heteroatoms. The predicted octanol–water partition coefficient (Wildman–Crippen LogP) is 3.66. The smallest absolute Gasteiger partial charge is 0.127 e. The molecule has 0 aromatic carbocycles. The highest BCUT2D eigenvalue weighted by Crippen LogP contribution is 2.43. The first-order valence-electron chi connectivity index (χ1n) is 7.53. The number of hydrogen-bond donors (Lipinski definition) is 1. The normalized spacial score (nSPS) is 21.1. The van der Waals surface area contributed by atoms with Crippen LogP contribution in [-0.2, 0) is 6.42 Å². The van der Waals surface area contributed by atoms with Gasteiger partial charge in [0, 0.05) is 12.0 Å². The van der Waals surface area contributed by atoms with Gasteiger partial charge in [-0.25, -0.2) is 4.98 Å². The molecule has 100 valence electrons. The molecule has 0 saturated heterocycles. The van der Waals surface area contributed by atoms with Crippen molar-refractivity contribution in [3.63, 3.8) is 0 Å². The fraction of sp³-hybridized carbons (Fsp3) is 0.800. The van der Waals surface area contributed by atoms with Crippen LogP contribution in [0.1, 0.15) is 75.9 Å². The highest BCUT2D eigenvalue weighted by Gasteiger charge is 2.33. The third kappa shape index (κ3) is 2.15. The number of nitrogens with zero attached hydrogens (tertiary/aromatic N) is 2. The van der Waals surface area contributed by atoms with Gasteiger partial charge >= 0.3 is 0 Å². The van der Waals surface area contributed by atoms with Gasteiger partial charge in [0.05, 0.1) is 5.69 Å². The van der Waals surface area contributed by atoms with Crippen molar-refractivity contribution >= 4 is 5.82 Å². The molecule has 0 atom stereocenters. The summed E-state index contributed by atoms with van der Waals surface area (Å²) in [6, 6.07) is 0.661. The summed E-state index contributed by atoms with van der Waals surface area (Å²) in [5.74, 6) is 3.58. The predicted molar refractivity (Wildman–Crippen MR) is 74.7 cm³/mol. The summed E-state index contributed by atoms with van der Waals surface area (Å²) in [7, 11) is 0. The van der Waals surface area contributed by atoms with Crippen LogP contribution in [0.3, 0.4) is 0 Å². The fourth-order valence-electron chi connectivity index (χ4n) is 3.24. The molecular weight excluding hydrogens is 222 g/mol. The van der Waals surface area contributed by atoms with Crippen LogP contribution in [0.2, 0.25) is 0 Å². The molecule has 2 aliphatic rings. The van der Waals surface area contributed by atoms with Crippen LogP contribution in [0.15, 0.2) is 0 Å². The zero-order valence-electron chi connectivity index (χ0n) is 11.7. The lowest BCUT2D eigenvalue weighted by atomic mass is 10.1. The van der Waals surface area contributed by atoms with Crippen LogP contribution in [0.5, 0.6) is 0 Å². The first kappa shape index (κ1) is 12.1. The number of imidazole rings is 1. The first-order chi connectivity index (χ1) is 8.66. The van der Waals surface area contributed by atoms with Gasteiger partial charge in [0.1, 0.15) is 11.6 Å². The van der Waals surface area contributed by atoms with Crippen molar-refractivity contribution in [2.75, 3.05) is 5.73 Å². The zero-order valence-corrected chi connectivity index (χ0v) is 11.7. The van der Waals surface area contributed by atoms with Crippen molar-refractivity contribution in [2.24, 2.45) is 5.92 Å². The van der Waals surface area contributed by atoms with Crippen LogP contribution in [0, 0.1) is 5.92 Å². The van der Waals surface area contributed by atoms with E-state index in [2.05, 4.69) is 18.4 Å². The Morgan fingerprint density at radius 2 is 1.89 bits per heavy atom. The number of nitrogens with two attached hydrogens (primary N) is 1. The number of anilines is 1. The van der Waals surface area contributed by atoms with Crippen LogP contribution in [0.25, 0.3) is 0 Å². The molecule has 18 heavy (non-hydrogen) atoms. The van der Waals surface area contributed by atoms with Gasteiger partial charge in [-0.1, -0.05) is 26.7 Å². The maximum Gasteiger partial charge on any atom is 0.127 e. The van der Waals surface area contributed by atoms with E-state index in [0.29, 0.717) is 17.9 Å². The molecule has 2 N–H and O–H groups in total. The fourth-order valence-corrected chi connectivity index (χ4v) is 3.24. The highest BCUT2D eigenvalue weighted by atomic mass is 15.2. The van der Waals surface area contributed by atoms with Gasteiger partial charge in [0.25, 0.3) is 0 Å². The number of aromatic nitrogens is 2. The van der Waals surface area contributed by atoms with Crippen LogP contribution >= 0.6 is 0 Å². The maximum atomic E-state index is 6.36. The maximum absolute atomic E-state index is 6.36. The lowest BCUT2D eigenvalue weighted by Gasteiger charge is -2.12. The summed E-state index contributed by atoms with van der Waals surface area (Å²) in [4.78, 5) is 4.93. The number of hydrogen-bond acceptors (Lipinski definition) is 2. The number of nitrogen functional groups attached to an aromatic ring is 1. The highest BCUT2D eigenvalue weighted by molar-refractivity contribution is 5.41. The topological polar surface area (TPSA) is 43.8 Å². The summed E-state index contributed by atoms with van der Waals surface area (Å²) < 4.78 is 2.38. The van der Waals surface area contributed by atoms with E-state index < -0.39 is 0 Å². The van der Waals surface area contributed by atoms with Crippen molar-refractivity contribution in [2.45, 2.75) is 70.8 Å². The first-order valence-corrected chi connectivity index (χ1v) is 7.53. The lowest BCUT2D eigenvalue weighted by molar-refractivity contribution is 0.594. The molecule has 0 radical (unpaired) electrons. The monoisotopic (exact) mass is 247 g/mol. The van der Waals surface area contributed by atoms with Gasteiger partial charge in [-0.05, 0) is 38.0 Å². The number of rotatable bonds is 4. The van der Waals surface area contributed by atoms with Crippen molar-refractivity contribution in [1.82, 2.24) is 9.55 Å². The van der Waals surface area contributed by atoms with Gasteiger partial charge in [-0.2, -0.15) is 0 Å². The van der Waals surface area contributed by atoms with Crippen molar-refractivity contribution < 1.29 is 0 Å². The largest absolute Gasteiger partial charge is 0.384 e. The van der Waals surface area contributed by atoms with E-state index in [1.54, 1.807) is 0 Å². The van der Waals surface area contributed by atoms with E-state index in [1.807, 2.05) is 0 Å². The van der Waals surface area contributed by atoms with Crippen LogP contribution in [0.4, 0.5) is 5.82 Å². The third-order valence-corrected chi connectivity index (χ3v) is 4.29. The molecule has 1 aromatic heterocycles. The third-order valence-electron chi connectivity index (χ3n) is 4.29. The second kappa shape index (κ2) is 4.60. The van der Waals surface area contributed by atoms with Crippen LogP contribution in [-0.4, -0.2) is 9.55 Å². The SMILES string of the molecule is CC(C)Cc1nc(C2CCCC2)n(C2CC2)c1N. The average molecular weight is 247 g/mol. The van der Waals surface area contributed by atoms with Gasteiger partial charge in [-0.3, -0.25) is 0 Å². The average Bonchev–Trinajstić information content (AvgIpc) is 2.89. The molecule has 0 unspecified atom stereocenters. The Balaban J connectivity index is 1.95. The molecule has 0 bridgehead atoms. The van der Waals surface area contributed by atoms with Gasteiger partial charge in [0.2, 0.25) is 0 Å². The zero-order chi connectivity index (χ0) is 12.7. The van der Waals surface area contributed by atoms with E-state index >= 15 is 0 Å². The lowest BCUT2D eigenvalue weighted by Crippen LogP contribution is -2.08. The molecule has 1 aromatic rings. The Morgan fingerprint density at radius 3 is 2.44 bits per heavy atom. The molecule has 2 aliphatic carbocycles. The second-order valence-corrected chi connectivity index (χ2v) is 6.48. The van der Waals surface area contributed by atoms with Gasteiger partial charge in [-0.15, -0.1) is 0 Å². The minimum Gasteiger partial charge on any atom is -0.384 e. The summed E-state index contributed by atoms with van der Waals surface area (Å²) in [5, 5.41) is 0. The second-order valence-electron chi connectivity index (χ2n) is 6.48. The Kier molecular flexibility index (Phi) is 3.08. The molecule has 0 aliphatic heterocycles. The van der Waals surface area contributed by atoms with Crippen molar-refractivity contribution in [3.05, 3.63) is 11.5 Å². The van der Waals surface area contributed by atoms with E-state index in [-0.39, 0.29) is 0 Å². The summed E-state index contributed by atoms with van der Waals surface area (Å²) in [6.45, 7) is 4.48. The molecule has 3 nitrogen and oxygen atoms in total. The Labute approximate surface area is 110 Å². The molecule has 0 spiro atoms. The van der Waals surface area contributed by atoms with Gasteiger partial charge < -0.3 is 10.3 Å². The summed E-state index contributed by atoms with van der Waals surface area (Å²) in [5.41, 5.74) is 7.51. The molecular formula is C15H25N3. The minimum absolute atomic E-state index is 0.631. The van der Waals surface area contributed by atoms with E-state index in [4.69, 9.17) is 10.7 Å². The van der Waals surface area contributed by atoms with Crippen molar-refractivity contribution in [1.29, 1.82) is 0 Å². The minimum atomic E-state index is 0.631.